The summed E-state index contributed by atoms with van der Waals surface area (Å²) in [4.78, 5) is 19.8. The van der Waals surface area contributed by atoms with Gasteiger partial charge in [0, 0.05) is 19.2 Å². The number of halogens is 3. The average molecular weight is 453 g/mol. The van der Waals surface area contributed by atoms with Crippen molar-refractivity contribution >= 4 is 5.91 Å². The first-order valence-corrected chi connectivity index (χ1v) is 10.7. The van der Waals surface area contributed by atoms with Crippen LogP contribution in [0.4, 0.5) is 13.2 Å². The molecule has 0 aliphatic carbocycles. The van der Waals surface area contributed by atoms with Crippen molar-refractivity contribution in [2.24, 2.45) is 5.41 Å². The highest BCUT2D eigenvalue weighted by atomic mass is 19.2. The molecule has 176 valence electrons. The summed E-state index contributed by atoms with van der Waals surface area (Å²) >= 11 is 0. The highest BCUT2D eigenvalue weighted by Crippen LogP contribution is 2.31. The van der Waals surface area contributed by atoms with E-state index in [2.05, 4.69) is 10.3 Å². The summed E-state index contributed by atoms with van der Waals surface area (Å²) in [5, 5.41) is 13.5. The standard InChI is InChI=1S/C23H31F3N4O2/c1-22(2,3)21(23(4,5)32)28-20(31)18-17-12-29(6)8-7-9-30(17)19(27-18)13-10-15(25)16(26)11-14(13)24/h10-11,21,32H,7-9,12H2,1-6H3,(H,28,31)/t21-/m0/s1. The highest BCUT2D eigenvalue weighted by molar-refractivity contribution is 5.94. The molecule has 1 aromatic carbocycles. The molecule has 1 aliphatic rings. The third-order valence-corrected chi connectivity index (χ3v) is 5.73. The van der Waals surface area contributed by atoms with Gasteiger partial charge in [0.25, 0.3) is 5.91 Å². The summed E-state index contributed by atoms with van der Waals surface area (Å²) in [5.74, 6) is -3.87. The second-order valence-electron chi connectivity index (χ2n) is 10.1. The number of amides is 1. The number of hydrogen-bond donors (Lipinski definition) is 2. The molecule has 2 heterocycles. The molecular formula is C23H31F3N4O2. The Hall–Kier alpha value is -2.39. The maximum Gasteiger partial charge on any atom is 0.272 e. The van der Waals surface area contributed by atoms with E-state index in [0.717, 1.165) is 12.6 Å². The first kappa shape index (κ1) is 24.3. The van der Waals surface area contributed by atoms with Crippen molar-refractivity contribution in [2.45, 2.75) is 65.8 Å². The lowest BCUT2D eigenvalue weighted by molar-refractivity contribution is -0.00383. The summed E-state index contributed by atoms with van der Waals surface area (Å²) in [6.07, 6.45) is 0.716. The Labute approximate surface area is 186 Å². The Morgan fingerprint density at radius 3 is 2.31 bits per heavy atom. The van der Waals surface area contributed by atoms with Crippen molar-refractivity contribution in [3.8, 4) is 11.4 Å². The molecule has 0 fully saturated rings. The summed E-state index contributed by atoms with van der Waals surface area (Å²) in [6.45, 7) is 10.5. The molecule has 1 aliphatic heterocycles. The van der Waals surface area contributed by atoms with Crippen molar-refractivity contribution < 1.29 is 23.1 Å². The van der Waals surface area contributed by atoms with Gasteiger partial charge in [-0.2, -0.15) is 0 Å². The molecule has 0 saturated carbocycles. The highest BCUT2D eigenvalue weighted by Gasteiger charge is 2.39. The van der Waals surface area contributed by atoms with Gasteiger partial charge in [-0.05, 0) is 45.3 Å². The van der Waals surface area contributed by atoms with Crippen molar-refractivity contribution in [3.63, 3.8) is 0 Å². The maximum absolute atomic E-state index is 14.6. The van der Waals surface area contributed by atoms with Crippen molar-refractivity contribution in [2.75, 3.05) is 13.6 Å². The Morgan fingerprint density at radius 2 is 1.72 bits per heavy atom. The lowest BCUT2D eigenvalue weighted by Crippen LogP contribution is -2.56. The van der Waals surface area contributed by atoms with E-state index >= 15 is 0 Å². The minimum absolute atomic E-state index is 0.0763. The van der Waals surface area contributed by atoms with Gasteiger partial charge in [-0.15, -0.1) is 0 Å². The van der Waals surface area contributed by atoms with Gasteiger partial charge < -0.3 is 19.9 Å². The van der Waals surface area contributed by atoms with Crippen LogP contribution in [0.25, 0.3) is 11.4 Å². The number of hydrogen-bond acceptors (Lipinski definition) is 4. The van der Waals surface area contributed by atoms with E-state index in [1.54, 1.807) is 18.4 Å². The van der Waals surface area contributed by atoms with Crippen LogP contribution in [-0.2, 0) is 13.1 Å². The number of imidazole rings is 1. The lowest BCUT2D eigenvalue weighted by atomic mass is 9.77. The van der Waals surface area contributed by atoms with E-state index in [9.17, 15) is 23.1 Å². The summed E-state index contributed by atoms with van der Waals surface area (Å²) in [5.41, 5.74) is -1.24. The molecule has 0 spiro atoms. The number of fused-ring (bicyclic) bond motifs is 1. The normalized spacial score (nSPS) is 16.4. The van der Waals surface area contributed by atoms with Crippen molar-refractivity contribution in [3.05, 3.63) is 41.0 Å². The summed E-state index contributed by atoms with van der Waals surface area (Å²) in [6, 6.07) is 0.649. The van der Waals surface area contributed by atoms with Crippen LogP contribution in [0.5, 0.6) is 0 Å². The smallest absolute Gasteiger partial charge is 0.272 e. The van der Waals surface area contributed by atoms with Gasteiger partial charge in [-0.25, -0.2) is 18.2 Å². The third kappa shape index (κ3) is 4.83. The zero-order valence-corrected chi connectivity index (χ0v) is 19.4. The SMILES string of the molecule is CN1CCCn2c(-c3cc(F)c(F)cc3F)nc(C(=O)N[C@@H](C(C)(C)C)C(C)(C)O)c2C1. The molecule has 0 unspecified atom stereocenters. The largest absolute Gasteiger partial charge is 0.388 e. The molecule has 2 N–H and O–H groups in total. The fourth-order valence-corrected chi connectivity index (χ4v) is 4.45. The van der Waals surface area contributed by atoms with Gasteiger partial charge in [-0.3, -0.25) is 4.79 Å². The minimum Gasteiger partial charge on any atom is -0.388 e. The van der Waals surface area contributed by atoms with Crippen LogP contribution >= 0.6 is 0 Å². The van der Waals surface area contributed by atoms with Crippen LogP contribution in [0.3, 0.4) is 0 Å². The zero-order valence-electron chi connectivity index (χ0n) is 19.4. The Bertz CT molecular complexity index is 1010. The zero-order chi connectivity index (χ0) is 24.0. The van der Waals surface area contributed by atoms with Crippen LogP contribution in [-0.4, -0.2) is 50.7 Å². The molecule has 32 heavy (non-hydrogen) atoms. The summed E-state index contributed by atoms with van der Waals surface area (Å²) < 4.78 is 43.7. The van der Waals surface area contributed by atoms with E-state index in [1.807, 2.05) is 32.7 Å². The van der Waals surface area contributed by atoms with Crippen molar-refractivity contribution in [1.29, 1.82) is 0 Å². The van der Waals surface area contributed by atoms with Crippen molar-refractivity contribution in [1.82, 2.24) is 19.8 Å². The number of aromatic nitrogens is 2. The number of nitrogens with zero attached hydrogens (tertiary/aromatic N) is 3. The Morgan fingerprint density at radius 1 is 1.09 bits per heavy atom. The van der Waals surface area contributed by atoms with Gasteiger partial charge in [0.15, 0.2) is 17.3 Å². The minimum atomic E-state index is -1.29. The van der Waals surface area contributed by atoms with Crippen LogP contribution in [0.15, 0.2) is 12.1 Å². The van der Waals surface area contributed by atoms with E-state index in [0.29, 0.717) is 31.3 Å². The van der Waals surface area contributed by atoms with Gasteiger partial charge in [0.1, 0.15) is 11.6 Å². The number of nitrogens with one attached hydrogen (secondary N) is 1. The molecule has 1 atom stereocenters. The van der Waals surface area contributed by atoms with Gasteiger partial charge >= 0.3 is 0 Å². The van der Waals surface area contributed by atoms with Gasteiger partial charge in [0.05, 0.1) is 22.9 Å². The van der Waals surface area contributed by atoms with Crippen LogP contribution in [0.2, 0.25) is 0 Å². The lowest BCUT2D eigenvalue weighted by Gasteiger charge is -2.39. The first-order chi connectivity index (χ1) is 14.7. The quantitative estimate of drug-likeness (QED) is 0.694. The third-order valence-electron chi connectivity index (χ3n) is 5.73. The number of carbonyl (C=O) groups is 1. The molecule has 0 saturated heterocycles. The topological polar surface area (TPSA) is 70.4 Å². The fraction of sp³-hybridized carbons (Fsp3) is 0.565. The molecule has 6 nitrogen and oxygen atoms in total. The number of benzene rings is 1. The summed E-state index contributed by atoms with van der Waals surface area (Å²) in [7, 11) is 1.90. The molecule has 1 aromatic heterocycles. The average Bonchev–Trinajstić information content (AvgIpc) is 2.87. The van der Waals surface area contributed by atoms with Crippen LogP contribution in [0.1, 0.15) is 57.2 Å². The second kappa shape index (κ2) is 8.51. The molecule has 1 amide bonds. The molecule has 0 bridgehead atoms. The van der Waals surface area contributed by atoms with E-state index < -0.39 is 40.4 Å². The predicted molar refractivity (Wildman–Crippen MR) is 115 cm³/mol. The Balaban J connectivity index is 2.13. The fourth-order valence-electron chi connectivity index (χ4n) is 4.45. The van der Waals surface area contributed by atoms with Crippen LogP contribution in [0, 0.1) is 22.9 Å². The molecular weight excluding hydrogens is 421 g/mol. The number of carbonyl (C=O) groups excluding carboxylic acids is 1. The second-order valence-corrected chi connectivity index (χ2v) is 10.1. The molecule has 9 heteroatoms. The van der Waals surface area contributed by atoms with E-state index in [1.165, 1.54) is 0 Å². The Kier molecular flexibility index (Phi) is 6.45. The monoisotopic (exact) mass is 452 g/mol. The maximum atomic E-state index is 14.6. The van der Waals surface area contributed by atoms with E-state index in [4.69, 9.17) is 0 Å². The number of rotatable bonds is 4. The van der Waals surface area contributed by atoms with Gasteiger partial charge in [-0.1, -0.05) is 20.8 Å². The number of aliphatic hydroxyl groups is 1. The van der Waals surface area contributed by atoms with E-state index in [-0.39, 0.29) is 17.1 Å². The molecule has 2 aromatic rings. The molecule has 3 rings (SSSR count). The van der Waals surface area contributed by atoms with Crippen LogP contribution < -0.4 is 5.32 Å². The first-order valence-electron chi connectivity index (χ1n) is 10.7. The predicted octanol–water partition coefficient (Wildman–Crippen LogP) is 3.72. The van der Waals surface area contributed by atoms with Gasteiger partial charge in [0.2, 0.25) is 0 Å². The molecule has 0 radical (unpaired) electrons.